The van der Waals surface area contributed by atoms with Gasteiger partial charge >= 0.3 is 5.97 Å². The molecule has 1 aliphatic heterocycles. The highest BCUT2D eigenvalue weighted by Gasteiger charge is 2.18. The average Bonchev–Trinajstić information content (AvgIpc) is 3.35. The molecule has 34 heavy (non-hydrogen) atoms. The van der Waals surface area contributed by atoms with Crippen LogP contribution in [0.1, 0.15) is 17.3 Å². The number of anilines is 3. The van der Waals surface area contributed by atoms with Crippen molar-refractivity contribution in [2.75, 3.05) is 43.1 Å². The number of hydrogen-bond donors (Lipinski definition) is 1. The molecule has 3 heterocycles. The van der Waals surface area contributed by atoms with Gasteiger partial charge in [-0.25, -0.2) is 19.4 Å². The van der Waals surface area contributed by atoms with Gasteiger partial charge < -0.3 is 19.7 Å². The molecule has 2 aromatic carbocycles. The Morgan fingerprint density at radius 2 is 1.94 bits per heavy atom. The number of ether oxygens (including phenoxy) is 2. The minimum absolute atomic E-state index is 0.226. The third-order valence-electron chi connectivity index (χ3n) is 5.34. The number of hydrogen-bond acceptors (Lipinski definition) is 9. The van der Waals surface area contributed by atoms with E-state index in [0.717, 1.165) is 24.5 Å². The fourth-order valence-electron chi connectivity index (χ4n) is 3.64. The number of benzene rings is 2. The molecule has 1 N–H and O–H groups in total. The largest absolute Gasteiger partial charge is 0.462 e. The Morgan fingerprint density at radius 3 is 2.71 bits per heavy atom. The second-order valence-electron chi connectivity index (χ2n) is 7.53. The van der Waals surface area contributed by atoms with Crippen molar-refractivity contribution < 1.29 is 14.3 Å². The van der Waals surface area contributed by atoms with Crippen LogP contribution in [0.3, 0.4) is 0 Å². The quantitative estimate of drug-likeness (QED) is 0.415. The second-order valence-corrected chi connectivity index (χ2v) is 7.94. The molecule has 0 radical (unpaired) electrons. The van der Waals surface area contributed by atoms with Crippen molar-refractivity contribution in [1.82, 2.24) is 24.7 Å². The molecule has 0 atom stereocenters. The summed E-state index contributed by atoms with van der Waals surface area (Å²) in [5.74, 6) is 0.505. The van der Waals surface area contributed by atoms with Crippen LogP contribution in [0.4, 0.5) is 17.6 Å². The standard InChI is InChI=1S/C23H22ClN7O3/c1-2-34-21(32)19-18(24)8-3-15-13-25-22(28-20(15)19)27-16-4-6-17(7-5-16)31-14-26-23(29-31)30-9-11-33-12-10-30/h3-8,13-14H,2,9-12H2,1H3,(H,25,27,28). The Hall–Kier alpha value is -3.76. The zero-order valence-electron chi connectivity index (χ0n) is 18.4. The summed E-state index contributed by atoms with van der Waals surface area (Å²) in [5.41, 5.74) is 2.30. The number of esters is 1. The second kappa shape index (κ2) is 9.62. The van der Waals surface area contributed by atoms with E-state index in [4.69, 9.17) is 21.1 Å². The van der Waals surface area contributed by atoms with Gasteiger partial charge in [0.2, 0.25) is 11.9 Å². The highest BCUT2D eigenvalue weighted by Crippen LogP contribution is 2.27. The number of nitrogens with zero attached hydrogens (tertiary/aromatic N) is 6. The molecule has 5 rings (SSSR count). The van der Waals surface area contributed by atoms with Gasteiger partial charge in [-0.05, 0) is 43.3 Å². The van der Waals surface area contributed by atoms with Crippen LogP contribution in [0.5, 0.6) is 0 Å². The summed E-state index contributed by atoms with van der Waals surface area (Å²) in [7, 11) is 0. The first kappa shape index (κ1) is 22.1. The lowest BCUT2D eigenvalue weighted by Crippen LogP contribution is -2.37. The number of rotatable bonds is 6. The predicted molar refractivity (Wildman–Crippen MR) is 128 cm³/mol. The van der Waals surface area contributed by atoms with Crippen LogP contribution in [0.2, 0.25) is 5.02 Å². The minimum Gasteiger partial charge on any atom is -0.462 e. The number of halogens is 1. The lowest BCUT2D eigenvalue weighted by atomic mass is 10.1. The Kier molecular flexibility index (Phi) is 6.24. The first-order chi connectivity index (χ1) is 16.6. The van der Waals surface area contributed by atoms with Crippen LogP contribution in [-0.4, -0.2) is 63.6 Å². The molecular formula is C23H22ClN7O3. The molecule has 4 aromatic rings. The van der Waals surface area contributed by atoms with Crippen molar-refractivity contribution in [3.63, 3.8) is 0 Å². The monoisotopic (exact) mass is 479 g/mol. The molecule has 11 heteroatoms. The summed E-state index contributed by atoms with van der Waals surface area (Å²) in [6, 6.07) is 11.0. The van der Waals surface area contributed by atoms with Gasteiger partial charge in [-0.15, -0.1) is 5.10 Å². The highest BCUT2D eigenvalue weighted by atomic mass is 35.5. The third-order valence-corrected chi connectivity index (χ3v) is 5.66. The smallest absolute Gasteiger partial charge is 0.341 e. The van der Waals surface area contributed by atoms with Crippen LogP contribution in [0.15, 0.2) is 48.9 Å². The van der Waals surface area contributed by atoms with Gasteiger partial charge in [0.25, 0.3) is 0 Å². The van der Waals surface area contributed by atoms with Gasteiger partial charge in [-0.3, -0.25) is 0 Å². The van der Waals surface area contributed by atoms with E-state index in [1.54, 1.807) is 36.3 Å². The summed E-state index contributed by atoms with van der Waals surface area (Å²) >= 11 is 6.27. The van der Waals surface area contributed by atoms with E-state index in [1.807, 2.05) is 24.3 Å². The van der Waals surface area contributed by atoms with Gasteiger partial charge in [0, 0.05) is 30.4 Å². The fourth-order valence-corrected chi connectivity index (χ4v) is 3.87. The first-order valence-corrected chi connectivity index (χ1v) is 11.2. The Balaban J connectivity index is 1.36. The summed E-state index contributed by atoms with van der Waals surface area (Å²) in [5, 5.41) is 8.71. The summed E-state index contributed by atoms with van der Waals surface area (Å²) in [6.45, 7) is 4.90. The van der Waals surface area contributed by atoms with Crippen molar-refractivity contribution in [2.45, 2.75) is 6.92 Å². The predicted octanol–water partition coefficient (Wildman–Crippen LogP) is 3.62. The van der Waals surface area contributed by atoms with Crippen LogP contribution in [-0.2, 0) is 9.47 Å². The lowest BCUT2D eigenvalue weighted by Gasteiger charge is -2.25. The molecule has 0 spiro atoms. The molecule has 1 fully saturated rings. The van der Waals surface area contributed by atoms with E-state index in [1.165, 1.54) is 0 Å². The molecule has 10 nitrogen and oxygen atoms in total. The fraction of sp³-hybridized carbons (Fsp3) is 0.261. The topological polar surface area (TPSA) is 107 Å². The van der Waals surface area contributed by atoms with Crippen molar-refractivity contribution in [1.29, 1.82) is 0 Å². The van der Waals surface area contributed by atoms with Gasteiger partial charge in [0.1, 0.15) is 11.9 Å². The van der Waals surface area contributed by atoms with E-state index < -0.39 is 5.97 Å². The van der Waals surface area contributed by atoms with Crippen molar-refractivity contribution in [2.24, 2.45) is 0 Å². The molecule has 0 aliphatic carbocycles. The lowest BCUT2D eigenvalue weighted by molar-refractivity contribution is 0.0528. The first-order valence-electron chi connectivity index (χ1n) is 10.9. The Bertz CT molecular complexity index is 1320. The Morgan fingerprint density at radius 1 is 1.15 bits per heavy atom. The Labute approximate surface area is 200 Å². The molecule has 1 aliphatic rings. The van der Waals surface area contributed by atoms with E-state index in [-0.39, 0.29) is 17.2 Å². The normalized spacial score (nSPS) is 13.8. The average molecular weight is 480 g/mol. The van der Waals surface area contributed by atoms with E-state index in [9.17, 15) is 4.79 Å². The zero-order chi connectivity index (χ0) is 23.5. The van der Waals surface area contributed by atoms with E-state index in [2.05, 4.69) is 30.3 Å². The molecule has 0 bridgehead atoms. The summed E-state index contributed by atoms with van der Waals surface area (Å²) < 4.78 is 12.3. The molecule has 0 saturated carbocycles. The molecule has 174 valence electrons. The maximum atomic E-state index is 12.4. The summed E-state index contributed by atoms with van der Waals surface area (Å²) in [6.07, 6.45) is 3.33. The van der Waals surface area contributed by atoms with E-state index in [0.29, 0.717) is 36.0 Å². The molecule has 2 aromatic heterocycles. The third kappa shape index (κ3) is 4.50. The van der Waals surface area contributed by atoms with Gasteiger partial charge in [-0.1, -0.05) is 11.6 Å². The van der Waals surface area contributed by atoms with Crippen molar-refractivity contribution in [3.8, 4) is 5.69 Å². The number of aromatic nitrogens is 5. The maximum Gasteiger partial charge on any atom is 0.341 e. The SMILES string of the molecule is CCOC(=O)c1c(Cl)ccc2cnc(Nc3ccc(-n4cnc(N5CCOCC5)n4)cc3)nc12. The van der Waals surface area contributed by atoms with E-state index >= 15 is 0 Å². The number of nitrogens with one attached hydrogen (secondary N) is 1. The number of morpholine rings is 1. The number of fused-ring (bicyclic) bond motifs is 1. The number of carbonyl (C=O) groups excluding carboxylic acids is 1. The molecular weight excluding hydrogens is 458 g/mol. The highest BCUT2D eigenvalue weighted by molar-refractivity contribution is 6.35. The van der Waals surface area contributed by atoms with Gasteiger partial charge in [-0.2, -0.15) is 4.98 Å². The number of carbonyl (C=O) groups is 1. The molecule has 0 unspecified atom stereocenters. The van der Waals surface area contributed by atoms with Crippen LogP contribution < -0.4 is 10.2 Å². The van der Waals surface area contributed by atoms with Gasteiger partial charge in [0.15, 0.2) is 0 Å². The van der Waals surface area contributed by atoms with Gasteiger partial charge in [0.05, 0.1) is 36.0 Å². The zero-order valence-corrected chi connectivity index (χ0v) is 19.2. The minimum atomic E-state index is -0.517. The van der Waals surface area contributed by atoms with Crippen LogP contribution >= 0.6 is 11.6 Å². The molecule has 1 saturated heterocycles. The maximum absolute atomic E-state index is 12.4. The van der Waals surface area contributed by atoms with Crippen molar-refractivity contribution in [3.05, 3.63) is 59.5 Å². The van der Waals surface area contributed by atoms with Crippen molar-refractivity contribution >= 4 is 46.1 Å². The summed E-state index contributed by atoms with van der Waals surface area (Å²) in [4.78, 5) is 27.8. The van der Waals surface area contributed by atoms with Crippen LogP contribution in [0, 0.1) is 0 Å². The molecule has 0 amide bonds. The van der Waals surface area contributed by atoms with Crippen LogP contribution in [0.25, 0.3) is 16.6 Å².